The van der Waals surface area contributed by atoms with E-state index in [0.717, 1.165) is 24.1 Å². The molecular formula is C15H24BrN3. The Bertz CT molecular complexity index is 422. The largest absolute Gasteiger partial charge is 0.326 e. The van der Waals surface area contributed by atoms with Gasteiger partial charge in [0.25, 0.3) is 0 Å². The molecule has 0 bridgehead atoms. The van der Waals surface area contributed by atoms with E-state index in [4.69, 9.17) is 5.73 Å². The molecule has 106 valence electrons. The highest BCUT2D eigenvalue weighted by Gasteiger charge is 2.29. The molecule has 4 heteroatoms. The van der Waals surface area contributed by atoms with Gasteiger partial charge in [0, 0.05) is 42.2 Å². The van der Waals surface area contributed by atoms with Crippen LogP contribution < -0.4 is 5.73 Å². The molecule has 1 fully saturated rings. The molecule has 1 saturated heterocycles. The third-order valence-electron chi connectivity index (χ3n) is 4.07. The van der Waals surface area contributed by atoms with Crippen molar-refractivity contribution in [2.24, 2.45) is 5.73 Å². The molecule has 0 saturated carbocycles. The lowest BCUT2D eigenvalue weighted by Crippen LogP contribution is -2.53. The van der Waals surface area contributed by atoms with Crippen LogP contribution in [0.15, 0.2) is 28.7 Å². The molecule has 0 aliphatic carbocycles. The summed E-state index contributed by atoms with van der Waals surface area (Å²) < 4.78 is 1.12. The van der Waals surface area contributed by atoms with Crippen molar-refractivity contribution >= 4 is 15.9 Å². The molecule has 3 unspecified atom stereocenters. The fourth-order valence-corrected chi connectivity index (χ4v) is 3.28. The summed E-state index contributed by atoms with van der Waals surface area (Å²) in [5.41, 5.74) is 7.57. The summed E-state index contributed by atoms with van der Waals surface area (Å²) >= 11 is 3.56. The quantitative estimate of drug-likeness (QED) is 0.926. The first-order valence-corrected chi connectivity index (χ1v) is 7.73. The van der Waals surface area contributed by atoms with Gasteiger partial charge in [0.05, 0.1) is 0 Å². The number of nitrogens with zero attached hydrogens (tertiary/aromatic N) is 2. The Kier molecular flexibility index (Phi) is 5.01. The second-order valence-electron chi connectivity index (χ2n) is 5.68. The van der Waals surface area contributed by atoms with Crippen LogP contribution in [0, 0.1) is 0 Å². The number of hydrogen-bond acceptors (Lipinski definition) is 3. The van der Waals surface area contributed by atoms with Crippen LogP contribution in [0.5, 0.6) is 0 Å². The lowest BCUT2D eigenvalue weighted by molar-refractivity contribution is 0.0638. The van der Waals surface area contributed by atoms with Crippen molar-refractivity contribution in [3.63, 3.8) is 0 Å². The summed E-state index contributed by atoms with van der Waals surface area (Å²) in [7, 11) is 2.20. The monoisotopic (exact) mass is 325 g/mol. The predicted octanol–water partition coefficient (Wildman–Crippen LogP) is 2.47. The van der Waals surface area contributed by atoms with E-state index in [2.05, 4.69) is 70.9 Å². The Balaban J connectivity index is 2.21. The van der Waals surface area contributed by atoms with Crippen molar-refractivity contribution in [2.75, 3.05) is 26.7 Å². The molecule has 1 aromatic carbocycles. The summed E-state index contributed by atoms with van der Waals surface area (Å²) in [5, 5.41) is 0. The number of nitrogens with two attached hydrogens (primary N) is 1. The Morgan fingerprint density at radius 2 is 2.11 bits per heavy atom. The maximum atomic E-state index is 6.26. The summed E-state index contributed by atoms with van der Waals surface area (Å²) in [5.74, 6) is 0. The van der Waals surface area contributed by atoms with Crippen LogP contribution in [0.2, 0.25) is 0 Å². The van der Waals surface area contributed by atoms with Gasteiger partial charge in [0.15, 0.2) is 0 Å². The zero-order valence-corrected chi connectivity index (χ0v) is 13.6. The van der Waals surface area contributed by atoms with E-state index in [1.54, 1.807) is 0 Å². The first kappa shape index (κ1) is 15.0. The van der Waals surface area contributed by atoms with Crippen LogP contribution in [-0.2, 0) is 0 Å². The van der Waals surface area contributed by atoms with E-state index in [9.17, 15) is 0 Å². The Hall–Kier alpha value is -0.420. The molecule has 0 amide bonds. The summed E-state index contributed by atoms with van der Waals surface area (Å²) in [6.07, 6.45) is 0. The SMILES string of the molecule is CC(N)C(c1cccc(Br)c1)N1CCN(C)C(C)C1. The van der Waals surface area contributed by atoms with E-state index >= 15 is 0 Å². The Morgan fingerprint density at radius 3 is 2.68 bits per heavy atom. The van der Waals surface area contributed by atoms with E-state index in [1.807, 2.05) is 0 Å². The van der Waals surface area contributed by atoms with E-state index in [0.29, 0.717) is 12.1 Å². The minimum absolute atomic E-state index is 0.130. The van der Waals surface area contributed by atoms with Crippen LogP contribution in [0.4, 0.5) is 0 Å². The van der Waals surface area contributed by atoms with Crippen molar-refractivity contribution in [3.8, 4) is 0 Å². The van der Waals surface area contributed by atoms with E-state index in [1.165, 1.54) is 5.56 Å². The highest BCUT2D eigenvalue weighted by Crippen LogP contribution is 2.27. The Morgan fingerprint density at radius 1 is 1.37 bits per heavy atom. The van der Waals surface area contributed by atoms with Gasteiger partial charge in [0.1, 0.15) is 0 Å². The van der Waals surface area contributed by atoms with Gasteiger partial charge in [0.2, 0.25) is 0 Å². The third kappa shape index (κ3) is 3.57. The smallest absolute Gasteiger partial charge is 0.0498 e. The normalized spacial score (nSPS) is 25.2. The molecule has 3 nitrogen and oxygen atoms in total. The zero-order chi connectivity index (χ0) is 14.0. The molecule has 0 spiro atoms. The number of piperazine rings is 1. The Labute approximate surface area is 124 Å². The molecule has 1 aliphatic heterocycles. The number of likely N-dealkylation sites (N-methyl/N-ethyl adjacent to an activating group) is 1. The number of halogens is 1. The average Bonchev–Trinajstić information content (AvgIpc) is 2.33. The lowest BCUT2D eigenvalue weighted by Gasteiger charge is -2.43. The van der Waals surface area contributed by atoms with Crippen molar-refractivity contribution < 1.29 is 0 Å². The lowest BCUT2D eigenvalue weighted by atomic mass is 9.97. The number of hydrogen-bond donors (Lipinski definition) is 1. The zero-order valence-electron chi connectivity index (χ0n) is 12.0. The van der Waals surface area contributed by atoms with Gasteiger partial charge in [-0.3, -0.25) is 4.90 Å². The van der Waals surface area contributed by atoms with Crippen molar-refractivity contribution in [1.82, 2.24) is 9.80 Å². The topological polar surface area (TPSA) is 32.5 Å². The van der Waals surface area contributed by atoms with Crippen LogP contribution in [0.25, 0.3) is 0 Å². The highest BCUT2D eigenvalue weighted by atomic mass is 79.9. The van der Waals surface area contributed by atoms with Crippen molar-refractivity contribution in [2.45, 2.75) is 32.0 Å². The molecule has 2 rings (SSSR count). The summed E-state index contributed by atoms with van der Waals surface area (Å²) in [6.45, 7) is 7.66. The fraction of sp³-hybridized carbons (Fsp3) is 0.600. The predicted molar refractivity (Wildman–Crippen MR) is 84.2 cm³/mol. The molecular weight excluding hydrogens is 302 g/mol. The van der Waals surface area contributed by atoms with Gasteiger partial charge in [-0.1, -0.05) is 28.1 Å². The highest BCUT2D eigenvalue weighted by molar-refractivity contribution is 9.10. The van der Waals surface area contributed by atoms with Crippen LogP contribution in [-0.4, -0.2) is 48.6 Å². The van der Waals surface area contributed by atoms with Crippen molar-refractivity contribution in [1.29, 1.82) is 0 Å². The second kappa shape index (κ2) is 6.35. The van der Waals surface area contributed by atoms with Gasteiger partial charge >= 0.3 is 0 Å². The summed E-state index contributed by atoms with van der Waals surface area (Å²) in [4.78, 5) is 4.94. The van der Waals surface area contributed by atoms with Gasteiger partial charge < -0.3 is 10.6 Å². The maximum absolute atomic E-state index is 6.26. The van der Waals surface area contributed by atoms with Crippen LogP contribution in [0.1, 0.15) is 25.5 Å². The van der Waals surface area contributed by atoms with Gasteiger partial charge in [-0.25, -0.2) is 0 Å². The first-order valence-electron chi connectivity index (χ1n) is 6.94. The third-order valence-corrected chi connectivity index (χ3v) is 4.57. The second-order valence-corrected chi connectivity index (χ2v) is 6.60. The molecule has 0 radical (unpaired) electrons. The molecule has 1 aliphatic rings. The van der Waals surface area contributed by atoms with E-state index in [-0.39, 0.29) is 6.04 Å². The van der Waals surface area contributed by atoms with Gasteiger partial charge in [-0.2, -0.15) is 0 Å². The van der Waals surface area contributed by atoms with Gasteiger partial charge in [-0.05, 0) is 38.6 Å². The summed E-state index contributed by atoms with van der Waals surface area (Å²) in [6, 6.07) is 9.54. The molecule has 2 N–H and O–H groups in total. The first-order chi connectivity index (χ1) is 8.99. The standard InChI is InChI=1S/C15H24BrN3/c1-11-10-19(8-7-18(11)3)15(12(2)17)13-5-4-6-14(16)9-13/h4-6,9,11-12,15H,7-8,10,17H2,1-3H3. The fourth-order valence-electron chi connectivity index (χ4n) is 2.87. The molecule has 1 aromatic rings. The maximum Gasteiger partial charge on any atom is 0.0498 e. The van der Waals surface area contributed by atoms with Gasteiger partial charge in [-0.15, -0.1) is 0 Å². The van der Waals surface area contributed by atoms with E-state index < -0.39 is 0 Å². The van der Waals surface area contributed by atoms with Crippen LogP contribution in [0.3, 0.4) is 0 Å². The number of rotatable bonds is 3. The molecule has 1 heterocycles. The minimum Gasteiger partial charge on any atom is -0.326 e. The van der Waals surface area contributed by atoms with Crippen LogP contribution >= 0.6 is 15.9 Å². The molecule has 19 heavy (non-hydrogen) atoms. The molecule has 0 aromatic heterocycles. The molecule has 3 atom stereocenters. The number of benzene rings is 1. The average molecular weight is 326 g/mol. The van der Waals surface area contributed by atoms with Crippen molar-refractivity contribution in [3.05, 3.63) is 34.3 Å². The minimum atomic E-state index is 0.130.